The Morgan fingerprint density at radius 2 is 2.10 bits per heavy atom. The molecule has 1 fully saturated rings. The van der Waals surface area contributed by atoms with Crippen LogP contribution in [0.3, 0.4) is 0 Å². The van der Waals surface area contributed by atoms with Crippen LogP contribution in [0.5, 0.6) is 0 Å². The van der Waals surface area contributed by atoms with E-state index in [0.29, 0.717) is 18.8 Å². The van der Waals surface area contributed by atoms with Gasteiger partial charge in [-0.2, -0.15) is 0 Å². The van der Waals surface area contributed by atoms with Crippen LogP contribution in [0.1, 0.15) is 13.8 Å². The van der Waals surface area contributed by atoms with Gasteiger partial charge in [0.25, 0.3) is 0 Å². The molecule has 1 aliphatic rings. The van der Waals surface area contributed by atoms with Crippen molar-refractivity contribution < 1.29 is 9.53 Å². The molecule has 0 aromatic carbocycles. The second kappa shape index (κ2) is 6.03. The molecule has 7 heteroatoms. The van der Waals surface area contributed by atoms with E-state index < -0.39 is 0 Å². The summed E-state index contributed by atoms with van der Waals surface area (Å²) < 4.78 is 7.54. The number of nitrogens with zero attached hydrogens (tertiary/aromatic N) is 4. The average Bonchev–Trinajstić information content (AvgIpc) is 2.87. The topological polar surface area (TPSA) is 59.7 Å². The van der Waals surface area contributed by atoms with E-state index in [9.17, 15) is 4.79 Å². The zero-order valence-electron chi connectivity index (χ0n) is 12.1. The summed E-state index contributed by atoms with van der Waals surface area (Å²) in [5.74, 6) is 0.490. The summed E-state index contributed by atoms with van der Waals surface area (Å²) in [5, 5.41) is 8.95. The third kappa shape index (κ3) is 3.19. The van der Waals surface area contributed by atoms with E-state index in [-0.39, 0.29) is 18.1 Å². The van der Waals surface area contributed by atoms with Crippen molar-refractivity contribution in [2.24, 2.45) is 0 Å². The normalized spacial score (nSPS) is 22.7. The zero-order chi connectivity index (χ0) is 14.8. The van der Waals surface area contributed by atoms with Gasteiger partial charge in [-0.1, -0.05) is 17.8 Å². The molecule has 0 N–H and O–H groups in total. The molecule has 2 atom stereocenters. The first-order valence-corrected chi connectivity index (χ1v) is 7.98. The first-order chi connectivity index (χ1) is 10.1. The van der Waals surface area contributed by atoms with Crippen molar-refractivity contribution in [3.05, 3.63) is 24.4 Å². The molecule has 0 bridgehead atoms. The standard InChI is InChI=1S/C14H18N4O2S/c1-10-7-17(8-11(2)20-10)13(19)9-21-14-16-15-12-5-3-4-6-18(12)14/h3-6,10-11H,7-9H2,1-2H3/t10-,11+. The number of aromatic nitrogens is 3. The second-order valence-electron chi connectivity index (χ2n) is 5.26. The molecule has 6 nitrogen and oxygen atoms in total. The number of hydrogen-bond acceptors (Lipinski definition) is 5. The Labute approximate surface area is 127 Å². The number of ether oxygens (including phenoxy) is 1. The summed E-state index contributed by atoms with van der Waals surface area (Å²) in [6.45, 7) is 5.30. The molecule has 1 saturated heterocycles. The monoisotopic (exact) mass is 306 g/mol. The lowest BCUT2D eigenvalue weighted by Crippen LogP contribution is -2.48. The minimum absolute atomic E-state index is 0.0941. The summed E-state index contributed by atoms with van der Waals surface area (Å²) in [4.78, 5) is 14.2. The maximum Gasteiger partial charge on any atom is 0.233 e. The van der Waals surface area contributed by atoms with Gasteiger partial charge in [0.15, 0.2) is 10.8 Å². The number of carbonyl (C=O) groups is 1. The van der Waals surface area contributed by atoms with Crippen LogP contribution in [-0.2, 0) is 9.53 Å². The Balaban J connectivity index is 1.63. The van der Waals surface area contributed by atoms with E-state index in [1.165, 1.54) is 11.8 Å². The molecule has 3 rings (SSSR count). The smallest absolute Gasteiger partial charge is 0.233 e. The fourth-order valence-electron chi connectivity index (χ4n) is 2.52. The van der Waals surface area contributed by atoms with Crippen LogP contribution in [0, 0.1) is 0 Å². The lowest BCUT2D eigenvalue weighted by Gasteiger charge is -2.35. The van der Waals surface area contributed by atoms with Gasteiger partial charge >= 0.3 is 0 Å². The minimum atomic E-state index is 0.0941. The summed E-state index contributed by atoms with van der Waals surface area (Å²) >= 11 is 1.42. The highest BCUT2D eigenvalue weighted by molar-refractivity contribution is 7.99. The molecule has 2 aromatic heterocycles. The molecule has 21 heavy (non-hydrogen) atoms. The van der Waals surface area contributed by atoms with Gasteiger partial charge in [0.05, 0.1) is 18.0 Å². The van der Waals surface area contributed by atoms with E-state index in [2.05, 4.69) is 10.2 Å². The fourth-order valence-corrected chi connectivity index (χ4v) is 3.34. The molecule has 0 unspecified atom stereocenters. The number of thioether (sulfide) groups is 1. The second-order valence-corrected chi connectivity index (χ2v) is 6.20. The van der Waals surface area contributed by atoms with Crippen LogP contribution in [0.25, 0.3) is 5.65 Å². The van der Waals surface area contributed by atoms with Crippen molar-refractivity contribution in [2.75, 3.05) is 18.8 Å². The number of fused-ring (bicyclic) bond motifs is 1. The van der Waals surface area contributed by atoms with E-state index in [1.807, 2.05) is 47.5 Å². The molecule has 0 aliphatic carbocycles. The third-order valence-electron chi connectivity index (χ3n) is 3.38. The van der Waals surface area contributed by atoms with E-state index in [4.69, 9.17) is 4.74 Å². The maximum atomic E-state index is 12.3. The Morgan fingerprint density at radius 1 is 1.33 bits per heavy atom. The highest BCUT2D eigenvalue weighted by Crippen LogP contribution is 2.18. The molecular formula is C14H18N4O2S. The zero-order valence-corrected chi connectivity index (χ0v) is 12.9. The molecule has 0 radical (unpaired) electrons. The summed E-state index contributed by atoms with van der Waals surface area (Å²) in [5.41, 5.74) is 0.793. The van der Waals surface area contributed by atoms with Crippen LogP contribution in [0.2, 0.25) is 0 Å². The van der Waals surface area contributed by atoms with Gasteiger partial charge in [-0.3, -0.25) is 9.20 Å². The number of pyridine rings is 1. The van der Waals surface area contributed by atoms with Crippen LogP contribution >= 0.6 is 11.8 Å². The first kappa shape index (κ1) is 14.3. The SMILES string of the molecule is C[C@@H]1CN(C(=O)CSc2nnc3ccccn23)C[C@H](C)O1. The molecule has 3 heterocycles. The summed E-state index contributed by atoms with van der Waals surface area (Å²) in [6.07, 6.45) is 2.09. The molecule has 1 amide bonds. The van der Waals surface area contributed by atoms with Crippen molar-refractivity contribution in [3.63, 3.8) is 0 Å². The van der Waals surface area contributed by atoms with Gasteiger partial charge < -0.3 is 9.64 Å². The van der Waals surface area contributed by atoms with Crippen LogP contribution in [0.4, 0.5) is 0 Å². The van der Waals surface area contributed by atoms with Crippen molar-refractivity contribution >= 4 is 23.3 Å². The summed E-state index contributed by atoms with van der Waals surface area (Å²) in [7, 11) is 0. The van der Waals surface area contributed by atoms with E-state index >= 15 is 0 Å². The molecule has 0 saturated carbocycles. The highest BCUT2D eigenvalue weighted by atomic mass is 32.2. The van der Waals surface area contributed by atoms with Gasteiger partial charge in [0.2, 0.25) is 5.91 Å². The number of amides is 1. The molecule has 112 valence electrons. The Hall–Kier alpha value is -1.60. The van der Waals surface area contributed by atoms with Gasteiger partial charge in [0.1, 0.15) is 0 Å². The van der Waals surface area contributed by atoms with Crippen molar-refractivity contribution in [3.8, 4) is 0 Å². The van der Waals surface area contributed by atoms with Crippen LogP contribution < -0.4 is 0 Å². The number of carbonyl (C=O) groups excluding carboxylic acids is 1. The predicted octanol–water partition coefficient (Wildman–Crippen LogP) is 1.46. The minimum Gasteiger partial charge on any atom is -0.372 e. The van der Waals surface area contributed by atoms with Crippen molar-refractivity contribution in [2.45, 2.75) is 31.2 Å². The average molecular weight is 306 g/mol. The van der Waals surface area contributed by atoms with Crippen LogP contribution in [0.15, 0.2) is 29.6 Å². The predicted molar refractivity (Wildman–Crippen MR) is 80.3 cm³/mol. The molecular weight excluding hydrogens is 288 g/mol. The van der Waals surface area contributed by atoms with Gasteiger partial charge in [-0.05, 0) is 26.0 Å². The molecule has 1 aliphatic heterocycles. The quantitative estimate of drug-likeness (QED) is 0.804. The Morgan fingerprint density at radius 3 is 2.86 bits per heavy atom. The van der Waals surface area contributed by atoms with Crippen molar-refractivity contribution in [1.29, 1.82) is 0 Å². The Kier molecular flexibility index (Phi) is 4.12. The Bertz CT molecular complexity index is 635. The number of rotatable bonds is 3. The lowest BCUT2D eigenvalue weighted by atomic mass is 10.2. The maximum absolute atomic E-state index is 12.3. The van der Waals surface area contributed by atoms with Crippen LogP contribution in [-0.4, -0.2) is 56.5 Å². The van der Waals surface area contributed by atoms with E-state index in [0.717, 1.165) is 10.8 Å². The summed E-state index contributed by atoms with van der Waals surface area (Å²) in [6, 6.07) is 5.73. The lowest BCUT2D eigenvalue weighted by molar-refractivity contribution is -0.140. The van der Waals surface area contributed by atoms with E-state index in [1.54, 1.807) is 0 Å². The fraction of sp³-hybridized carbons (Fsp3) is 0.500. The molecule has 0 spiro atoms. The number of morpholine rings is 1. The number of hydrogen-bond donors (Lipinski definition) is 0. The van der Waals surface area contributed by atoms with Gasteiger partial charge in [-0.15, -0.1) is 10.2 Å². The molecule has 2 aromatic rings. The first-order valence-electron chi connectivity index (χ1n) is 6.99. The third-order valence-corrected chi connectivity index (χ3v) is 4.31. The van der Waals surface area contributed by atoms with Gasteiger partial charge in [0, 0.05) is 19.3 Å². The largest absolute Gasteiger partial charge is 0.372 e. The van der Waals surface area contributed by atoms with Gasteiger partial charge in [-0.25, -0.2) is 0 Å². The highest BCUT2D eigenvalue weighted by Gasteiger charge is 2.26. The van der Waals surface area contributed by atoms with Crippen molar-refractivity contribution in [1.82, 2.24) is 19.5 Å².